The number of anilines is 2. The van der Waals surface area contributed by atoms with Crippen molar-refractivity contribution in [3.63, 3.8) is 0 Å². The van der Waals surface area contributed by atoms with Crippen LogP contribution >= 0.6 is 0 Å². The summed E-state index contributed by atoms with van der Waals surface area (Å²) in [6.07, 6.45) is 0. The van der Waals surface area contributed by atoms with Crippen LogP contribution in [0.4, 0.5) is 11.4 Å². The molecule has 7 aromatic rings. The zero-order chi connectivity index (χ0) is 24.8. The van der Waals surface area contributed by atoms with Crippen molar-refractivity contribution in [2.24, 2.45) is 0 Å². The van der Waals surface area contributed by atoms with E-state index in [2.05, 4.69) is 138 Å². The maximum Gasteiger partial charge on any atom is 0.329 e. The topological polar surface area (TPSA) is 3.24 Å². The molecule has 9 rings (SSSR count). The lowest BCUT2D eigenvalue weighted by Gasteiger charge is -2.44. The highest BCUT2D eigenvalue weighted by Crippen LogP contribution is 2.48. The van der Waals surface area contributed by atoms with Crippen molar-refractivity contribution in [1.29, 1.82) is 0 Å². The predicted octanol–water partition coefficient (Wildman–Crippen LogP) is 8.05. The van der Waals surface area contributed by atoms with Crippen molar-refractivity contribution in [2.45, 2.75) is 0 Å². The van der Waals surface area contributed by atoms with E-state index in [1.165, 1.54) is 76.9 Å². The summed E-state index contributed by atoms with van der Waals surface area (Å²) in [6, 6.07) is 49.6. The second-order valence-corrected chi connectivity index (χ2v) is 10.5. The van der Waals surface area contributed by atoms with Crippen molar-refractivity contribution >= 4 is 61.5 Å². The average molecular weight is 479 g/mol. The standard InChI is InChI=1S/C36H22BN/c1-3-12-26-21-33-30(19-24(26)10-1)29-15-7-8-16-34(29)38-35-22-27-13-4-2-11-25(27)20-31(35)36-28-14-6-5-9-23(28)17-18-32(36)37(33)38/h1-22H. The molecular weight excluding hydrogens is 457 g/mol. The predicted molar refractivity (Wildman–Crippen MR) is 163 cm³/mol. The molecule has 0 aliphatic carbocycles. The number of rotatable bonds is 0. The quantitative estimate of drug-likeness (QED) is 0.199. The van der Waals surface area contributed by atoms with Gasteiger partial charge >= 0.3 is 6.85 Å². The summed E-state index contributed by atoms with van der Waals surface area (Å²) in [7, 11) is 0. The first-order valence-corrected chi connectivity index (χ1v) is 13.3. The Morgan fingerprint density at radius 2 is 1.00 bits per heavy atom. The lowest BCUT2D eigenvalue weighted by Crippen LogP contribution is -2.59. The van der Waals surface area contributed by atoms with E-state index in [1.54, 1.807) is 0 Å². The van der Waals surface area contributed by atoms with Crippen molar-refractivity contribution in [1.82, 2.24) is 0 Å². The SMILES string of the molecule is c1ccc2c(c1)-c1cc3ccccc3cc1B1c3ccc4ccccc4c3-c3cc4ccccc4cc3N12. The molecule has 0 saturated carbocycles. The Labute approximate surface area is 221 Å². The highest BCUT2D eigenvalue weighted by Gasteiger charge is 2.42. The first-order chi connectivity index (χ1) is 18.8. The number of nitrogens with zero attached hydrogens (tertiary/aromatic N) is 1. The second-order valence-electron chi connectivity index (χ2n) is 10.5. The van der Waals surface area contributed by atoms with Gasteiger partial charge in [-0.05, 0) is 78.6 Å². The third kappa shape index (κ3) is 2.62. The summed E-state index contributed by atoms with van der Waals surface area (Å²) >= 11 is 0. The molecule has 0 aromatic heterocycles. The summed E-state index contributed by atoms with van der Waals surface area (Å²) in [4.78, 5) is 2.60. The van der Waals surface area contributed by atoms with E-state index in [4.69, 9.17) is 0 Å². The van der Waals surface area contributed by atoms with Crippen LogP contribution in [0.2, 0.25) is 0 Å². The number of para-hydroxylation sites is 1. The van der Waals surface area contributed by atoms with Gasteiger partial charge < -0.3 is 4.81 Å². The van der Waals surface area contributed by atoms with Crippen LogP contribution in [-0.2, 0) is 0 Å². The van der Waals surface area contributed by atoms with Gasteiger partial charge in [0.25, 0.3) is 0 Å². The normalized spacial score (nSPS) is 13.2. The molecule has 0 saturated heterocycles. The van der Waals surface area contributed by atoms with E-state index in [1.807, 2.05) is 0 Å². The highest BCUT2D eigenvalue weighted by atomic mass is 15.1. The Bertz CT molecular complexity index is 2110. The van der Waals surface area contributed by atoms with E-state index in [9.17, 15) is 0 Å². The van der Waals surface area contributed by atoms with Crippen LogP contribution in [0, 0.1) is 0 Å². The van der Waals surface area contributed by atoms with E-state index in [0.29, 0.717) is 0 Å². The fraction of sp³-hybridized carbons (Fsp3) is 0. The van der Waals surface area contributed by atoms with Gasteiger partial charge in [-0.15, -0.1) is 0 Å². The van der Waals surface area contributed by atoms with Gasteiger partial charge in [0.1, 0.15) is 0 Å². The van der Waals surface area contributed by atoms with Gasteiger partial charge in [-0.3, -0.25) is 0 Å². The summed E-state index contributed by atoms with van der Waals surface area (Å²) in [6.45, 7) is 0.0952. The molecule has 7 aromatic carbocycles. The smallest absolute Gasteiger partial charge is 0.329 e. The van der Waals surface area contributed by atoms with Gasteiger partial charge in [-0.2, -0.15) is 0 Å². The van der Waals surface area contributed by atoms with Crippen molar-refractivity contribution < 1.29 is 0 Å². The maximum absolute atomic E-state index is 2.60. The van der Waals surface area contributed by atoms with Gasteiger partial charge in [-0.1, -0.05) is 109 Å². The molecule has 0 spiro atoms. The number of hydrogen-bond acceptors (Lipinski definition) is 1. The van der Waals surface area contributed by atoms with Crippen LogP contribution in [-0.4, -0.2) is 6.85 Å². The molecule has 0 N–H and O–H groups in total. The van der Waals surface area contributed by atoms with Gasteiger partial charge in [0.05, 0.1) is 0 Å². The van der Waals surface area contributed by atoms with E-state index < -0.39 is 0 Å². The van der Waals surface area contributed by atoms with Crippen LogP contribution < -0.4 is 15.7 Å². The summed E-state index contributed by atoms with van der Waals surface area (Å²) in [5.41, 5.74) is 10.6. The number of benzene rings is 7. The van der Waals surface area contributed by atoms with Gasteiger partial charge in [-0.25, -0.2) is 0 Å². The minimum absolute atomic E-state index is 0.0952. The minimum Gasteiger partial charge on any atom is -0.376 e. The molecule has 1 nitrogen and oxygen atoms in total. The van der Waals surface area contributed by atoms with Crippen molar-refractivity contribution in [2.75, 3.05) is 4.81 Å². The molecule has 2 aliphatic heterocycles. The molecule has 0 atom stereocenters. The zero-order valence-electron chi connectivity index (χ0n) is 20.7. The Morgan fingerprint density at radius 1 is 0.395 bits per heavy atom. The third-order valence-electron chi connectivity index (χ3n) is 8.57. The molecule has 0 unspecified atom stereocenters. The molecule has 2 heteroatoms. The summed E-state index contributed by atoms with van der Waals surface area (Å²) in [5, 5.41) is 7.74. The van der Waals surface area contributed by atoms with Crippen molar-refractivity contribution in [3.05, 3.63) is 133 Å². The van der Waals surface area contributed by atoms with Gasteiger partial charge in [0.15, 0.2) is 0 Å². The molecule has 0 fully saturated rings. The fourth-order valence-electron chi connectivity index (χ4n) is 6.93. The molecule has 174 valence electrons. The number of fused-ring (bicyclic) bond motifs is 15. The van der Waals surface area contributed by atoms with Crippen LogP contribution in [0.5, 0.6) is 0 Å². The summed E-state index contributed by atoms with van der Waals surface area (Å²) in [5.74, 6) is 0. The Morgan fingerprint density at radius 3 is 1.79 bits per heavy atom. The van der Waals surface area contributed by atoms with Crippen LogP contribution in [0.1, 0.15) is 0 Å². The lowest BCUT2D eigenvalue weighted by molar-refractivity contribution is 1.36. The third-order valence-corrected chi connectivity index (χ3v) is 8.57. The Hall–Kier alpha value is -4.82. The first-order valence-electron chi connectivity index (χ1n) is 13.3. The summed E-state index contributed by atoms with van der Waals surface area (Å²) < 4.78 is 0. The molecule has 0 bridgehead atoms. The second kappa shape index (κ2) is 7.37. The molecule has 2 heterocycles. The zero-order valence-corrected chi connectivity index (χ0v) is 20.7. The van der Waals surface area contributed by atoms with E-state index in [-0.39, 0.29) is 6.85 Å². The monoisotopic (exact) mass is 479 g/mol. The molecule has 2 aliphatic rings. The largest absolute Gasteiger partial charge is 0.376 e. The minimum atomic E-state index is 0.0952. The number of hydrogen-bond donors (Lipinski definition) is 0. The van der Waals surface area contributed by atoms with Gasteiger partial charge in [0, 0.05) is 22.5 Å². The Balaban J connectivity index is 1.48. The van der Waals surface area contributed by atoms with Crippen molar-refractivity contribution in [3.8, 4) is 22.3 Å². The Kier molecular flexibility index (Phi) is 3.93. The highest BCUT2D eigenvalue weighted by molar-refractivity contribution is 6.93. The van der Waals surface area contributed by atoms with Crippen LogP contribution in [0.25, 0.3) is 54.6 Å². The lowest BCUT2D eigenvalue weighted by atomic mass is 9.43. The maximum atomic E-state index is 2.60. The first kappa shape index (κ1) is 20.3. The average Bonchev–Trinajstić information content (AvgIpc) is 2.98. The van der Waals surface area contributed by atoms with E-state index >= 15 is 0 Å². The molecule has 0 radical (unpaired) electrons. The van der Waals surface area contributed by atoms with Crippen LogP contribution in [0.15, 0.2) is 133 Å². The fourth-order valence-corrected chi connectivity index (χ4v) is 6.93. The molecule has 38 heavy (non-hydrogen) atoms. The molecule has 0 amide bonds. The van der Waals surface area contributed by atoms with Gasteiger partial charge in [0.2, 0.25) is 0 Å². The van der Waals surface area contributed by atoms with E-state index in [0.717, 1.165) is 0 Å². The molecular formula is C36H22BN. The van der Waals surface area contributed by atoms with Crippen LogP contribution in [0.3, 0.4) is 0 Å².